The maximum atomic E-state index is 10.6. The van der Waals surface area contributed by atoms with Crippen molar-refractivity contribution in [2.24, 2.45) is 0 Å². The summed E-state index contributed by atoms with van der Waals surface area (Å²) in [4.78, 5) is 0. The second kappa shape index (κ2) is 5.63. The van der Waals surface area contributed by atoms with E-state index in [1.54, 1.807) is 0 Å². The molecule has 6 nitrogen and oxygen atoms in total. The van der Waals surface area contributed by atoms with Crippen LogP contribution in [-0.2, 0) is 18.9 Å². The van der Waals surface area contributed by atoms with Gasteiger partial charge >= 0.3 is 0 Å². The fourth-order valence-corrected chi connectivity index (χ4v) is 5.39. The molecule has 136 valence electrons. The van der Waals surface area contributed by atoms with E-state index < -0.39 is 36.0 Å². The molecule has 6 heteroatoms. The van der Waals surface area contributed by atoms with Gasteiger partial charge in [0, 0.05) is 25.7 Å². The number of ether oxygens (including phenoxy) is 4. The molecule has 2 saturated heterocycles. The molecule has 0 aromatic heterocycles. The Morgan fingerprint density at radius 1 is 0.500 bits per heavy atom. The van der Waals surface area contributed by atoms with Gasteiger partial charge in [-0.1, -0.05) is 12.8 Å². The first-order valence-corrected chi connectivity index (χ1v) is 9.69. The lowest BCUT2D eigenvalue weighted by Gasteiger charge is -2.38. The molecular formula is C18H28O6. The minimum Gasteiger partial charge on any atom is -0.387 e. The Morgan fingerprint density at radius 3 is 1.21 bits per heavy atom. The van der Waals surface area contributed by atoms with Gasteiger partial charge in [0.1, 0.15) is 36.6 Å². The van der Waals surface area contributed by atoms with Crippen LogP contribution in [-0.4, -0.2) is 58.4 Å². The number of aliphatic hydroxyl groups is 2. The van der Waals surface area contributed by atoms with Crippen molar-refractivity contribution in [2.45, 2.75) is 112 Å². The zero-order valence-corrected chi connectivity index (χ0v) is 14.1. The summed E-state index contributed by atoms with van der Waals surface area (Å²) in [5, 5.41) is 21.2. The van der Waals surface area contributed by atoms with Gasteiger partial charge in [-0.25, -0.2) is 0 Å². The molecule has 6 atom stereocenters. The monoisotopic (exact) mass is 340 g/mol. The van der Waals surface area contributed by atoms with Crippen LogP contribution >= 0.6 is 0 Å². The van der Waals surface area contributed by atoms with Gasteiger partial charge in [-0.15, -0.1) is 0 Å². The zero-order chi connectivity index (χ0) is 16.4. The fraction of sp³-hybridized carbons (Fsp3) is 1.00. The summed E-state index contributed by atoms with van der Waals surface area (Å²) in [5.74, 6) is -1.20. The second-order valence-electron chi connectivity index (χ2n) is 8.25. The lowest BCUT2D eigenvalue weighted by atomic mass is 9.85. The molecule has 0 amide bonds. The summed E-state index contributed by atoms with van der Waals surface area (Å²) < 4.78 is 25.1. The Bertz CT molecular complexity index is 440. The molecule has 0 unspecified atom stereocenters. The quantitative estimate of drug-likeness (QED) is 0.698. The number of rotatable bonds is 0. The normalized spacial score (nSPS) is 49.2. The Hall–Kier alpha value is -0.240. The minimum absolute atomic E-state index is 0.354. The van der Waals surface area contributed by atoms with E-state index in [-0.39, 0.29) is 12.2 Å². The van der Waals surface area contributed by atoms with Crippen LogP contribution in [0.4, 0.5) is 0 Å². The van der Waals surface area contributed by atoms with Crippen LogP contribution < -0.4 is 0 Å². The van der Waals surface area contributed by atoms with E-state index in [0.717, 1.165) is 51.4 Å². The van der Waals surface area contributed by atoms with Crippen LogP contribution in [0.5, 0.6) is 0 Å². The van der Waals surface area contributed by atoms with Gasteiger partial charge in [-0.2, -0.15) is 0 Å². The molecule has 2 aliphatic heterocycles. The van der Waals surface area contributed by atoms with Crippen LogP contribution in [0.3, 0.4) is 0 Å². The van der Waals surface area contributed by atoms with Crippen LogP contribution in [0.2, 0.25) is 0 Å². The van der Waals surface area contributed by atoms with Crippen molar-refractivity contribution in [3.05, 3.63) is 0 Å². The van der Waals surface area contributed by atoms with E-state index in [0.29, 0.717) is 0 Å². The second-order valence-corrected chi connectivity index (χ2v) is 8.25. The predicted octanol–water partition coefficient (Wildman–Crippen LogP) is 1.61. The van der Waals surface area contributed by atoms with Crippen molar-refractivity contribution in [3.8, 4) is 0 Å². The third-order valence-corrected chi connectivity index (χ3v) is 6.63. The highest BCUT2D eigenvalue weighted by Crippen LogP contribution is 2.51. The fourth-order valence-electron chi connectivity index (χ4n) is 5.39. The van der Waals surface area contributed by atoms with Crippen molar-refractivity contribution in [1.29, 1.82) is 0 Å². The summed E-state index contributed by atoms with van der Waals surface area (Å²) in [6, 6.07) is 0. The molecule has 0 aromatic rings. The predicted molar refractivity (Wildman–Crippen MR) is 83.1 cm³/mol. The molecule has 3 saturated carbocycles. The molecule has 2 N–H and O–H groups in total. The van der Waals surface area contributed by atoms with Crippen molar-refractivity contribution < 1.29 is 29.2 Å². The summed E-state index contributed by atoms with van der Waals surface area (Å²) in [7, 11) is 0. The first-order valence-electron chi connectivity index (χ1n) is 9.69. The van der Waals surface area contributed by atoms with Crippen molar-refractivity contribution in [3.63, 3.8) is 0 Å². The molecule has 0 bridgehead atoms. The minimum atomic E-state index is -0.986. The number of aliphatic hydroxyl groups excluding tert-OH is 2. The van der Waals surface area contributed by atoms with Crippen molar-refractivity contribution >= 4 is 0 Å². The van der Waals surface area contributed by atoms with Crippen LogP contribution in [0, 0.1) is 0 Å². The van der Waals surface area contributed by atoms with E-state index in [4.69, 9.17) is 18.9 Å². The van der Waals surface area contributed by atoms with Gasteiger partial charge in [-0.3, -0.25) is 0 Å². The Balaban J connectivity index is 1.42. The Kier molecular flexibility index (Phi) is 3.75. The van der Waals surface area contributed by atoms with Crippen LogP contribution in [0.15, 0.2) is 0 Å². The van der Waals surface area contributed by atoms with Crippen molar-refractivity contribution in [2.75, 3.05) is 0 Å². The highest BCUT2D eigenvalue weighted by atomic mass is 16.8. The lowest BCUT2D eigenvalue weighted by molar-refractivity contribution is -0.224. The summed E-state index contributed by atoms with van der Waals surface area (Å²) >= 11 is 0. The molecule has 2 heterocycles. The van der Waals surface area contributed by atoms with Gasteiger partial charge < -0.3 is 29.2 Å². The number of hydrogen-bond acceptors (Lipinski definition) is 6. The maximum Gasteiger partial charge on any atom is 0.169 e. The average molecular weight is 340 g/mol. The summed E-state index contributed by atoms with van der Waals surface area (Å²) in [6.07, 6.45) is 6.38. The molecule has 5 rings (SSSR count). The standard InChI is InChI=1S/C18H28O6/c19-11-12(20)14-16(24-18(22-14)9-5-2-6-10-18)15-13(11)21-17(23-15)7-3-1-4-8-17/h11-16,19-20H,1-10H2/t11-,12+,13-,14-,15-,16+/m0/s1. The van der Waals surface area contributed by atoms with E-state index in [1.165, 1.54) is 12.8 Å². The smallest absolute Gasteiger partial charge is 0.169 e. The van der Waals surface area contributed by atoms with Gasteiger partial charge in [0.25, 0.3) is 0 Å². The Morgan fingerprint density at radius 2 is 0.833 bits per heavy atom. The molecule has 5 aliphatic rings. The van der Waals surface area contributed by atoms with E-state index in [1.807, 2.05) is 0 Å². The van der Waals surface area contributed by atoms with Gasteiger partial charge in [0.2, 0.25) is 0 Å². The van der Waals surface area contributed by atoms with E-state index >= 15 is 0 Å². The van der Waals surface area contributed by atoms with Crippen LogP contribution in [0.25, 0.3) is 0 Å². The maximum absolute atomic E-state index is 10.6. The zero-order valence-electron chi connectivity index (χ0n) is 14.1. The highest BCUT2D eigenvalue weighted by Gasteiger charge is 2.65. The van der Waals surface area contributed by atoms with E-state index in [2.05, 4.69) is 0 Å². The first kappa shape index (κ1) is 16.0. The molecule has 0 radical (unpaired) electrons. The first-order chi connectivity index (χ1) is 11.6. The highest BCUT2D eigenvalue weighted by molar-refractivity contribution is 5.09. The van der Waals surface area contributed by atoms with Crippen molar-refractivity contribution in [1.82, 2.24) is 0 Å². The molecule has 3 aliphatic carbocycles. The summed E-state index contributed by atoms with van der Waals surface area (Å²) in [5.41, 5.74) is 0. The lowest BCUT2D eigenvalue weighted by Crippen LogP contribution is -2.61. The van der Waals surface area contributed by atoms with Gasteiger partial charge in [0.05, 0.1) is 0 Å². The average Bonchev–Trinajstić information content (AvgIpc) is 3.14. The van der Waals surface area contributed by atoms with E-state index in [9.17, 15) is 10.2 Å². The SMILES string of the molecule is O[C@@H]1[C@H](O)[C@@H]2OC3(CCCCC3)O[C@@H]2[C@@H]2OC3(CCCCC3)O[C@@H]12. The molecular weight excluding hydrogens is 312 g/mol. The third kappa shape index (κ3) is 2.31. The summed E-state index contributed by atoms with van der Waals surface area (Å²) in [6.45, 7) is 0. The Labute approximate surface area is 142 Å². The number of fused-ring (bicyclic) bond motifs is 3. The molecule has 0 aromatic carbocycles. The molecule has 5 fully saturated rings. The largest absolute Gasteiger partial charge is 0.387 e. The van der Waals surface area contributed by atoms with Gasteiger partial charge in [-0.05, 0) is 25.7 Å². The van der Waals surface area contributed by atoms with Crippen LogP contribution in [0.1, 0.15) is 64.2 Å². The molecule has 2 spiro atoms. The third-order valence-electron chi connectivity index (χ3n) is 6.63. The van der Waals surface area contributed by atoms with Gasteiger partial charge in [0.15, 0.2) is 11.6 Å². The topological polar surface area (TPSA) is 77.4 Å². The number of hydrogen-bond donors (Lipinski definition) is 2. The molecule has 24 heavy (non-hydrogen) atoms.